The first-order valence-electron chi connectivity index (χ1n) is 6.01. The highest BCUT2D eigenvalue weighted by molar-refractivity contribution is 5.87. The second-order valence-corrected chi connectivity index (χ2v) is 4.80. The molecule has 0 aliphatic carbocycles. The maximum Gasteiger partial charge on any atom is 0.435 e. The molecule has 1 N–H and O–H groups in total. The molecule has 0 saturated heterocycles. The summed E-state index contributed by atoms with van der Waals surface area (Å²) in [5.41, 5.74) is -1.06. The van der Waals surface area contributed by atoms with Gasteiger partial charge in [-0.15, -0.1) is 0 Å². The topological polar surface area (TPSA) is 64.0 Å². The van der Waals surface area contributed by atoms with Crippen LogP contribution in [0.15, 0.2) is 12.3 Å². The zero-order valence-corrected chi connectivity index (χ0v) is 11.4. The number of rotatable bonds is 5. The van der Waals surface area contributed by atoms with E-state index >= 15 is 0 Å². The van der Waals surface area contributed by atoms with Crippen LogP contribution in [0, 0.1) is 5.92 Å². The fourth-order valence-electron chi connectivity index (χ4n) is 1.70. The number of halogens is 3. The van der Waals surface area contributed by atoms with E-state index in [1.165, 1.54) is 6.92 Å². The van der Waals surface area contributed by atoms with Crippen LogP contribution in [-0.4, -0.2) is 27.5 Å². The van der Waals surface area contributed by atoms with Gasteiger partial charge >= 0.3 is 6.18 Å². The molecule has 1 amide bonds. The predicted octanol–water partition coefficient (Wildman–Crippen LogP) is 1.63. The number of Topliss-reactive ketones (excluding diaryl/α,β-unsaturated/α-hetero) is 1. The van der Waals surface area contributed by atoms with E-state index in [9.17, 15) is 22.8 Å². The number of alkyl halides is 3. The van der Waals surface area contributed by atoms with E-state index in [1.807, 2.05) is 0 Å². The first-order valence-corrected chi connectivity index (χ1v) is 6.01. The summed E-state index contributed by atoms with van der Waals surface area (Å²) in [7, 11) is 0. The number of hydrogen-bond acceptors (Lipinski definition) is 3. The Hall–Kier alpha value is -1.86. The summed E-state index contributed by atoms with van der Waals surface area (Å²) in [6, 6.07) is 0.137. The maximum absolute atomic E-state index is 12.3. The molecule has 1 atom stereocenters. The van der Waals surface area contributed by atoms with E-state index < -0.39 is 23.8 Å². The lowest BCUT2D eigenvalue weighted by Gasteiger charge is -2.19. The van der Waals surface area contributed by atoms with Crippen LogP contribution >= 0.6 is 0 Å². The molecular weight excluding hydrogens is 275 g/mol. The predicted molar refractivity (Wildman–Crippen MR) is 64.7 cm³/mol. The van der Waals surface area contributed by atoms with Gasteiger partial charge in [0.2, 0.25) is 5.91 Å². The number of aromatic nitrogens is 2. The van der Waals surface area contributed by atoms with Crippen LogP contribution in [0.1, 0.15) is 26.5 Å². The van der Waals surface area contributed by atoms with Crippen molar-refractivity contribution in [3.63, 3.8) is 0 Å². The fourth-order valence-corrected chi connectivity index (χ4v) is 1.70. The number of carbonyl (C=O) groups excluding carboxylic acids is 2. The molecule has 20 heavy (non-hydrogen) atoms. The summed E-state index contributed by atoms with van der Waals surface area (Å²) in [6.07, 6.45) is -3.47. The summed E-state index contributed by atoms with van der Waals surface area (Å²) < 4.78 is 37.9. The minimum atomic E-state index is -4.54. The number of amides is 1. The lowest BCUT2D eigenvalue weighted by Crippen LogP contribution is -2.44. The van der Waals surface area contributed by atoms with Crippen molar-refractivity contribution in [1.82, 2.24) is 15.1 Å². The molecule has 1 unspecified atom stereocenters. The zero-order chi connectivity index (χ0) is 15.5. The highest BCUT2D eigenvalue weighted by Gasteiger charge is 2.33. The summed E-state index contributed by atoms with van der Waals surface area (Å²) in [5, 5.41) is 5.75. The van der Waals surface area contributed by atoms with Crippen molar-refractivity contribution in [2.45, 2.75) is 39.5 Å². The highest BCUT2D eigenvalue weighted by atomic mass is 19.4. The SMILES string of the molecule is CC(=O)C(NC(=O)Cn1ccc(C(F)(F)F)n1)C(C)C. The molecule has 0 saturated carbocycles. The second-order valence-electron chi connectivity index (χ2n) is 4.80. The average Bonchev–Trinajstić information content (AvgIpc) is 2.73. The van der Waals surface area contributed by atoms with Gasteiger partial charge in [0.05, 0.1) is 6.04 Å². The van der Waals surface area contributed by atoms with Gasteiger partial charge in [-0.3, -0.25) is 14.3 Å². The Morgan fingerprint density at radius 1 is 1.40 bits per heavy atom. The minimum absolute atomic E-state index is 0.0974. The van der Waals surface area contributed by atoms with Gasteiger partial charge in [-0.1, -0.05) is 13.8 Å². The second kappa shape index (κ2) is 6.06. The van der Waals surface area contributed by atoms with Crippen molar-refractivity contribution in [1.29, 1.82) is 0 Å². The summed E-state index contributed by atoms with van der Waals surface area (Å²) in [4.78, 5) is 23.0. The fraction of sp³-hybridized carbons (Fsp3) is 0.583. The summed E-state index contributed by atoms with van der Waals surface area (Å²) in [5.74, 6) is -0.861. The number of carbonyl (C=O) groups is 2. The average molecular weight is 291 g/mol. The van der Waals surface area contributed by atoms with Gasteiger partial charge in [0.15, 0.2) is 11.5 Å². The van der Waals surface area contributed by atoms with Crippen LogP contribution in [-0.2, 0) is 22.3 Å². The minimum Gasteiger partial charge on any atom is -0.344 e. The van der Waals surface area contributed by atoms with Crippen LogP contribution in [0.3, 0.4) is 0 Å². The summed E-state index contributed by atoms with van der Waals surface area (Å²) in [6.45, 7) is 4.51. The van der Waals surface area contributed by atoms with Crippen LogP contribution in [0.25, 0.3) is 0 Å². The van der Waals surface area contributed by atoms with Crippen molar-refractivity contribution in [3.05, 3.63) is 18.0 Å². The molecule has 0 radical (unpaired) electrons. The van der Waals surface area contributed by atoms with Crippen LogP contribution in [0.2, 0.25) is 0 Å². The molecule has 112 valence electrons. The van der Waals surface area contributed by atoms with Crippen LogP contribution < -0.4 is 5.32 Å². The first kappa shape index (κ1) is 16.2. The third-order valence-electron chi connectivity index (χ3n) is 2.66. The molecule has 1 heterocycles. The lowest BCUT2D eigenvalue weighted by atomic mass is 10.0. The van der Waals surface area contributed by atoms with E-state index in [0.29, 0.717) is 0 Å². The Bertz CT molecular complexity index is 494. The largest absolute Gasteiger partial charge is 0.435 e. The molecular formula is C12H16F3N3O2. The summed E-state index contributed by atoms with van der Waals surface area (Å²) >= 11 is 0. The van der Waals surface area contributed by atoms with Crippen molar-refractivity contribution in [2.75, 3.05) is 0 Å². The van der Waals surface area contributed by atoms with Crippen LogP contribution in [0.5, 0.6) is 0 Å². The lowest BCUT2D eigenvalue weighted by molar-refractivity contribution is -0.141. The smallest absolute Gasteiger partial charge is 0.344 e. The van der Waals surface area contributed by atoms with Gasteiger partial charge in [0.25, 0.3) is 0 Å². The van der Waals surface area contributed by atoms with Gasteiger partial charge in [-0.2, -0.15) is 18.3 Å². The van der Waals surface area contributed by atoms with Gasteiger partial charge in [0, 0.05) is 6.20 Å². The first-order chi connectivity index (χ1) is 9.11. The molecule has 1 rings (SSSR count). The molecule has 0 fully saturated rings. The Balaban J connectivity index is 2.67. The number of hydrogen-bond donors (Lipinski definition) is 1. The quantitative estimate of drug-likeness (QED) is 0.897. The number of nitrogens with one attached hydrogen (secondary N) is 1. The molecule has 8 heteroatoms. The van der Waals surface area contributed by atoms with E-state index in [2.05, 4.69) is 10.4 Å². The molecule has 0 aliphatic rings. The third kappa shape index (κ3) is 4.36. The van der Waals surface area contributed by atoms with Gasteiger partial charge < -0.3 is 5.32 Å². The van der Waals surface area contributed by atoms with Crippen molar-refractivity contribution in [3.8, 4) is 0 Å². The molecule has 0 spiro atoms. The molecule has 0 aliphatic heterocycles. The van der Waals surface area contributed by atoms with E-state index in [1.54, 1.807) is 13.8 Å². The molecule has 5 nitrogen and oxygen atoms in total. The molecule has 0 aromatic carbocycles. The number of nitrogens with zero attached hydrogens (tertiary/aromatic N) is 2. The van der Waals surface area contributed by atoms with Crippen molar-refractivity contribution < 1.29 is 22.8 Å². The molecule has 0 bridgehead atoms. The Labute approximate surface area is 114 Å². The van der Waals surface area contributed by atoms with E-state index in [-0.39, 0.29) is 18.2 Å². The zero-order valence-electron chi connectivity index (χ0n) is 11.4. The van der Waals surface area contributed by atoms with E-state index in [0.717, 1.165) is 16.9 Å². The van der Waals surface area contributed by atoms with Gasteiger partial charge in [0.1, 0.15) is 6.54 Å². The normalized spacial score (nSPS) is 13.3. The third-order valence-corrected chi connectivity index (χ3v) is 2.66. The van der Waals surface area contributed by atoms with Crippen molar-refractivity contribution >= 4 is 11.7 Å². The standard InChI is InChI=1S/C12H16F3N3O2/c1-7(2)11(8(3)19)16-10(20)6-18-5-4-9(17-18)12(13,14)15/h4-5,7,11H,6H2,1-3H3,(H,16,20). The highest BCUT2D eigenvalue weighted by Crippen LogP contribution is 2.27. The monoisotopic (exact) mass is 291 g/mol. The maximum atomic E-state index is 12.3. The molecule has 1 aromatic rings. The number of ketones is 1. The van der Waals surface area contributed by atoms with Crippen LogP contribution in [0.4, 0.5) is 13.2 Å². The Morgan fingerprint density at radius 2 is 2.00 bits per heavy atom. The Kier molecular flexibility index (Phi) is 4.91. The van der Waals surface area contributed by atoms with Gasteiger partial charge in [-0.05, 0) is 18.9 Å². The van der Waals surface area contributed by atoms with E-state index in [4.69, 9.17) is 0 Å². The Morgan fingerprint density at radius 3 is 2.40 bits per heavy atom. The molecule has 1 aromatic heterocycles. The van der Waals surface area contributed by atoms with Gasteiger partial charge in [-0.25, -0.2) is 0 Å². The van der Waals surface area contributed by atoms with Crippen molar-refractivity contribution in [2.24, 2.45) is 5.92 Å².